The zero-order valence-corrected chi connectivity index (χ0v) is 17.6. The van der Waals surface area contributed by atoms with E-state index in [4.69, 9.17) is 0 Å². The quantitative estimate of drug-likeness (QED) is 0.429. The van der Waals surface area contributed by atoms with Gasteiger partial charge in [0.2, 0.25) is 11.8 Å². The highest BCUT2D eigenvalue weighted by Crippen LogP contribution is 2.20. The molecule has 32 heavy (non-hydrogen) atoms. The van der Waals surface area contributed by atoms with Gasteiger partial charge in [-0.05, 0) is 47.9 Å². The van der Waals surface area contributed by atoms with Gasteiger partial charge in [0.15, 0.2) is 0 Å². The van der Waals surface area contributed by atoms with E-state index in [9.17, 15) is 9.59 Å². The number of rotatable bonds is 5. The molecule has 1 atom stereocenters. The summed E-state index contributed by atoms with van der Waals surface area (Å²) < 4.78 is 0. The van der Waals surface area contributed by atoms with Gasteiger partial charge < -0.3 is 15.6 Å². The molecule has 0 radical (unpaired) electrons. The van der Waals surface area contributed by atoms with Crippen molar-refractivity contribution in [3.63, 3.8) is 0 Å². The molecule has 6 nitrogen and oxygen atoms in total. The van der Waals surface area contributed by atoms with Crippen molar-refractivity contribution in [1.29, 1.82) is 0 Å². The summed E-state index contributed by atoms with van der Waals surface area (Å²) in [7, 11) is 0. The second-order valence-corrected chi connectivity index (χ2v) is 7.35. The Morgan fingerprint density at radius 3 is 2.69 bits per heavy atom. The number of aromatic nitrogens is 2. The summed E-state index contributed by atoms with van der Waals surface area (Å²) in [4.78, 5) is 32.2. The summed E-state index contributed by atoms with van der Waals surface area (Å²) >= 11 is 0. The molecule has 2 amide bonds. The van der Waals surface area contributed by atoms with E-state index in [0.717, 1.165) is 22.0 Å². The van der Waals surface area contributed by atoms with Crippen LogP contribution in [-0.4, -0.2) is 27.8 Å². The SMILES string of the molecule is CC(=O)N[C@@H](Cc1c[nH]c2ccccc12)C(=O)Nc1cccc(C#Cc2ccccn2)c1. The monoisotopic (exact) mass is 422 g/mol. The number of carbonyl (C=O) groups is 2. The third-order valence-electron chi connectivity index (χ3n) is 4.92. The second-order valence-electron chi connectivity index (χ2n) is 7.35. The number of hydrogen-bond donors (Lipinski definition) is 3. The summed E-state index contributed by atoms with van der Waals surface area (Å²) in [6, 6.07) is 20.0. The van der Waals surface area contributed by atoms with Gasteiger partial charge >= 0.3 is 0 Å². The van der Waals surface area contributed by atoms with Crippen LogP contribution in [0.1, 0.15) is 23.7 Å². The minimum absolute atomic E-state index is 0.264. The van der Waals surface area contributed by atoms with Crippen LogP contribution in [0.5, 0.6) is 0 Å². The highest BCUT2D eigenvalue weighted by molar-refractivity contribution is 5.97. The molecule has 2 aromatic heterocycles. The molecule has 0 aliphatic heterocycles. The average Bonchev–Trinajstić information content (AvgIpc) is 3.21. The van der Waals surface area contributed by atoms with Crippen LogP contribution in [0, 0.1) is 11.8 Å². The lowest BCUT2D eigenvalue weighted by molar-refractivity contribution is -0.125. The molecule has 0 saturated carbocycles. The molecule has 6 heteroatoms. The Kier molecular flexibility index (Phi) is 6.28. The molecular weight excluding hydrogens is 400 g/mol. The molecular formula is C26H22N4O2. The van der Waals surface area contributed by atoms with E-state index >= 15 is 0 Å². The summed E-state index contributed by atoms with van der Waals surface area (Å²) in [6.45, 7) is 1.41. The zero-order valence-electron chi connectivity index (χ0n) is 17.6. The van der Waals surface area contributed by atoms with Gasteiger partial charge in [0.05, 0.1) is 0 Å². The molecule has 3 N–H and O–H groups in total. The van der Waals surface area contributed by atoms with E-state index < -0.39 is 6.04 Å². The molecule has 0 aliphatic carbocycles. The lowest BCUT2D eigenvalue weighted by Gasteiger charge is -2.17. The summed E-state index contributed by atoms with van der Waals surface area (Å²) in [6.07, 6.45) is 3.94. The highest BCUT2D eigenvalue weighted by atomic mass is 16.2. The predicted octanol–water partition coefficient (Wildman–Crippen LogP) is 3.65. The Morgan fingerprint density at radius 2 is 1.88 bits per heavy atom. The number of anilines is 1. The smallest absolute Gasteiger partial charge is 0.247 e. The Labute approximate surface area is 186 Å². The number of aromatic amines is 1. The van der Waals surface area contributed by atoms with Crippen molar-refractivity contribution < 1.29 is 9.59 Å². The number of H-pyrrole nitrogens is 1. The van der Waals surface area contributed by atoms with Crippen LogP contribution in [0.3, 0.4) is 0 Å². The molecule has 0 bridgehead atoms. The van der Waals surface area contributed by atoms with Crippen molar-refractivity contribution >= 4 is 28.4 Å². The topological polar surface area (TPSA) is 86.9 Å². The van der Waals surface area contributed by atoms with E-state index in [1.807, 2.05) is 60.8 Å². The summed E-state index contributed by atoms with van der Waals surface area (Å²) in [5.41, 5.74) is 3.98. The number of pyridine rings is 1. The van der Waals surface area contributed by atoms with E-state index in [1.165, 1.54) is 6.92 Å². The number of nitrogens with zero attached hydrogens (tertiary/aromatic N) is 1. The average molecular weight is 422 g/mol. The number of fused-ring (bicyclic) bond motifs is 1. The lowest BCUT2D eigenvalue weighted by Crippen LogP contribution is -2.44. The molecule has 0 saturated heterocycles. The highest BCUT2D eigenvalue weighted by Gasteiger charge is 2.21. The van der Waals surface area contributed by atoms with Crippen LogP contribution in [0.4, 0.5) is 5.69 Å². The number of para-hydroxylation sites is 1. The van der Waals surface area contributed by atoms with Gasteiger partial charge in [0, 0.05) is 47.9 Å². The Balaban J connectivity index is 1.51. The van der Waals surface area contributed by atoms with Gasteiger partial charge in [0.25, 0.3) is 0 Å². The second kappa shape index (κ2) is 9.63. The molecule has 0 aliphatic rings. The molecule has 4 aromatic rings. The zero-order chi connectivity index (χ0) is 22.3. The number of hydrogen-bond acceptors (Lipinski definition) is 3. The van der Waals surface area contributed by atoms with Gasteiger partial charge in [-0.15, -0.1) is 0 Å². The van der Waals surface area contributed by atoms with Crippen molar-refractivity contribution in [2.45, 2.75) is 19.4 Å². The van der Waals surface area contributed by atoms with Gasteiger partial charge in [-0.25, -0.2) is 4.98 Å². The number of benzene rings is 2. The van der Waals surface area contributed by atoms with Crippen LogP contribution in [0.2, 0.25) is 0 Å². The van der Waals surface area contributed by atoms with Gasteiger partial charge in [-0.3, -0.25) is 9.59 Å². The van der Waals surface area contributed by atoms with Crippen LogP contribution in [0.15, 0.2) is 79.1 Å². The van der Waals surface area contributed by atoms with Crippen molar-refractivity contribution in [2.75, 3.05) is 5.32 Å². The first-order chi connectivity index (χ1) is 15.6. The van der Waals surface area contributed by atoms with Crippen LogP contribution < -0.4 is 10.6 Å². The van der Waals surface area contributed by atoms with Crippen LogP contribution in [-0.2, 0) is 16.0 Å². The number of amides is 2. The van der Waals surface area contributed by atoms with Gasteiger partial charge in [-0.2, -0.15) is 0 Å². The van der Waals surface area contributed by atoms with E-state index in [1.54, 1.807) is 18.3 Å². The van der Waals surface area contributed by atoms with Crippen molar-refractivity contribution in [2.24, 2.45) is 0 Å². The first-order valence-corrected chi connectivity index (χ1v) is 10.2. The summed E-state index contributed by atoms with van der Waals surface area (Å²) in [5, 5.41) is 6.69. The molecule has 4 rings (SSSR count). The summed E-state index contributed by atoms with van der Waals surface area (Å²) in [5.74, 6) is 5.50. The van der Waals surface area contributed by atoms with Crippen molar-refractivity contribution in [3.05, 3.63) is 95.9 Å². The van der Waals surface area contributed by atoms with E-state index in [0.29, 0.717) is 17.8 Å². The Hall–Kier alpha value is -4.37. The third kappa shape index (κ3) is 5.21. The molecule has 158 valence electrons. The first-order valence-electron chi connectivity index (χ1n) is 10.2. The van der Waals surface area contributed by atoms with Crippen LogP contribution >= 0.6 is 0 Å². The maximum Gasteiger partial charge on any atom is 0.247 e. The largest absolute Gasteiger partial charge is 0.361 e. The minimum Gasteiger partial charge on any atom is -0.361 e. The third-order valence-corrected chi connectivity index (χ3v) is 4.92. The molecule has 2 aromatic carbocycles. The predicted molar refractivity (Wildman–Crippen MR) is 125 cm³/mol. The maximum atomic E-state index is 13.0. The Morgan fingerprint density at radius 1 is 1.03 bits per heavy atom. The Bertz CT molecular complexity index is 1320. The van der Waals surface area contributed by atoms with Crippen LogP contribution in [0.25, 0.3) is 10.9 Å². The van der Waals surface area contributed by atoms with Gasteiger partial charge in [0.1, 0.15) is 11.7 Å². The van der Waals surface area contributed by atoms with E-state index in [2.05, 4.69) is 32.4 Å². The number of nitrogens with one attached hydrogen (secondary N) is 3. The molecule has 0 unspecified atom stereocenters. The number of carbonyl (C=O) groups excluding carboxylic acids is 2. The normalized spacial score (nSPS) is 11.3. The van der Waals surface area contributed by atoms with Gasteiger partial charge in [-0.1, -0.05) is 36.3 Å². The molecule has 2 heterocycles. The van der Waals surface area contributed by atoms with Crippen molar-refractivity contribution in [3.8, 4) is 11.8 Å². The van der Waals surface area contributed by atoms with Crippen molar-refractivity contribution in [1.82, 2.24) is 15.3 Å². The first kappa shape index (κ1) is 20.9. The molecule has 0 fully saturated rings. The standard InChI is InChI=1S/C26H22N4O2/c1-18(31)29-25(16-20-17-28-24-11-3-2-10-23(20)24)26(32)30-22-9-6-7-19(15-22)12-13-21-8-4-5-14-27-21/h2-11,14-15,17,25,28H,16H2,1H3,(H,29,31)(H,30,32)/t25-/m0/s1. The van der Waals surface area contributed by atoms with E-state index in [-0.39, 0.29) is 11.8 Å². The maximum absolute atomic E-state index is 13.0. The minimum atomic E-state index is -0.713. The fourth-order valence-corrected chi connectivity index (χ4v) is 3.45. The fourth-order valence-electron chi connectivity index (χ4n) is 3.45. The fraction of sp³-hybridized carbons (Fsp3) is 0.115. The lowest BCUT2D eigenvalue weighted by atomic mass is 10.0. The molecule has 0 spiro atoms.